The molecule has 6 heteroatoms. The zero-order valence-electron chi connectivity index (χ0n) is 13.7. The third-order valence-electron chi connectivity index (χ3n) is 4.03. The summed E-state index contributed by atoms with van der Waals surface area (Å²) < 4.78 is 0. The van der Waals surface area contributed by atoms with E-state index in [1.807, 2.05) is 13.8 Å². The second-order valence-electron chi connectivity index (χ2n) is 5.51. The van der Waals surface area contributed by atoms with Gasteiger partial charge in [-0.1, -0.05) is 0 Å². The van der Waals surface area contributed by atoms with E-state index in [9.17, 15) is 20.4 Å². The first kappa shape index (κ1) is 16.6. The van der Waals surface area contributed by atoms with Gasteiger partial charge in [-0.15, -0.1) is 0 Å². The van der Waals surface area contributed by atoms with Gasteiger partial charge in [0.25, 0.3) is 0 Å². The topological polar surface area (TPSA) is 105 Å². The summed E-state index contributed by atoms with van der Waals surface area (Å²) in [7, 11) is 3.48. The lowest BCUT2D eigenvalue weighted by Gasteiger charge is -2.27. The first-order chi connectivity index (χ1) is 10.8. The fraction of sp³-hybridized carbons (Fsp3) is 0.294. The van der Waals surface area contributed by atoms with Crippen molar-refractivity contribution in [1.82, 2.24) is 10.6 Å². The number of aliphatic hydroxyl groups is 4. The van der Waals surface area contributed by atoms with Crippen molar-refractivity contribution < 1.29 is 20.4 Å². The lowest BCUT2D eigenvalue weighted by Crippen LogP contribution is -2.18. The third-order valence-corrected chi connectivity index (χ3v) is 4.03. The van der Waals surface area contributed by atoms with E-state index in [1.54, 1.807) is 26.2 Å². The molecule has 23 heavy (non-hydrogen) atoms. The fourth-order valence-electron chi connectivity index (χ4n) is 2.34. The normalized spacial score (nSPS) is 19.1. The molecule has 124 valence electrons. The Hall–Kier alpha value is -2.76. The molecule has 6 N–H and O–H groups in total. The van der Waals surface area contributed by atoms with Crippen molar-refractivity contribution in [2.75, 3.05) is 14.1 Å². The first-order valence-corrected chi connectivity index (χ1v) is 7.26. The molecular formula is C17H22N2O4. The fourth-order valence-corrected chi connectivity index (χ4v) is 2.34. The Morgan fingerprint density at radius 3 is 1.35 bits per heavy atom. The molecule has 0 fully saturated rings. The van der Waals surface area contributed by atoms with Gasteiger partial charge in [-0.2, -0.15) is 0 Å². The van der Waals surface area contributed by atoms with E-state index in [1.165, 1.54) is 0 Å². The van der Waals surface area contributed by atoms with E-state index < -0.39 is 0 Å². The van der Waals surface area contributed by atoms with Crippen LogP contribution in [0.3, 0.4) is 0 Å². The molecular weight excluding hydrogens is 296 g/mol. The molecule has 0 saturated heterocycles. The van der Waals surface area contributed by atoms with Gasteiger partial charge in [0.15, 0.2) is 0 Å². The summed E-state index contributed by atoms with van der Waals surface area (Å²) >= 11 is 0. The number of hydrogen-bond acceptors (Lipinski definition) is 6. The van der Waals surface area contributed by atoms with Crippen LogP contribution in [0.1, 0.15) is 20.3 Å². The molecule has 2 aliphatic rings. The van der Waals surface area contributed by atoms with Crippen LogP contribution in [0, 0.1) is 0 Å². The van der Waals surface area contributed by atoms with Gasteiger partial charge in [-0.05, 0) is 26.0 Å². The molecule has 0 atom stereocenters. The maximum atomic E-state index is 10.0. The highest BCUT2D eigenvalue weighted by molar-refractivity contribution is 5.65. The van der Waals surface area contributed by atoms with Crippen LogP contribution in [0.25, 0.3) is 0 Å². The minimum Gasteiger partial charge on any atom is -0.507 e. The molecule has 0 spiro atoms. The standard InChI is InChI=1S/C17H22N2O4/c1-8(18-3)5-10-14(20)12(15(10)21)7-13-16(22)11(17(13)23)6-9(2)19-4/h5-6,18-23H,7H2,1-4H3/b8-5-,9-6-. The number of rotatable bonds is 6. The van der Waals surface area contributed by atoms with Crippen LogP contribution in [0.2, 0.25) is 0 Å². The number of allylic oxidation sites excluding steroid dienone is 6. The van der Waals surface area contributed by atoms with E-state index >= 15 is 0 Å². The summed E-state index contributed by atoms with van der Waals surface area (Å²) in [5.74, 6) is -0.109. The molecule has 0 saturated carbocycles. The van der Waals surface area contributed by atoms with Gasteiger partial charge >= 0.3 is 0 Å². The number of aliphatic hydroxyl groups excluding tert-OH is 4. The van der Waals surface area contributed by atoms with Crippen molar-refractivity contribution in [2.24, 2.45) is 0 Å². The summed E-state index contributed by atoms with van der Waals surface area (Å²) in [6.45, 7) is 3.62. The minimum absolute atomic E-state index is 0.0272. The van der Waals surface area contributed by atoms with Gasteiger partial charge in [0.1, 0.15) is 23.0 Å². The Balaban J connectivity index is 2.14. The van der Waals surface area contributed by atoms with Crippen LogP contribution in [-0.4, -0.2) is 34.5 Å². The molecule has 0 aromatic rings. The molecule has 0 radical (unpaired) electrons. The maximum absolute atomic E-state index is 10.0. The summed E-state index contributed by atoms with van der Waals surface area (Å²) in [5.41, 5.74) is 2.89. The predicted molar refractivity (Wildman–Crippen MR) is 88.9 cm³/mol. The van der Waals surface area contributed by atoms with E-state index in [0.717, 1.165) is 11.4 Å². The van der Waals surface area contributed by atoms with E-state index in [2.05, 4.69) is 10.6 Å². The van der Waals surface area contributed by atoms with Crippen LogP contribution in [0.15, 0.2) is 68.9 Å². The Bertz CT molecular complexity index is 672. The molecule has 2 rings (SSSR count). The Morgan fingerprint density at radius 1 is 0.739 bits per heavy atom. The van der Waals surface area contributed by atoms with Gasteiger partial charge in [-0.3, -0.25) is 0 Å². The van der Waals surface area contributed by atoms with Crippen molar-refractivity contribution in [1.29, 1.82) is 0 Å². The van der Waals surface area contributed by atoms with Gasteiger partial charge in [-0.25, -0.2) is 0 Å². The Labute approximate surface area is 135 Å². The van der Waals surface area contributed by atoms with Crippen molar-refractivity contribution in [2.45, 2.75) is 20.3 Å². The molecule has 0 amide bonds. The van der Waals surface area contributed by atoms with Crippen molar-refractivity contribution >= 4 is 0 Å². The quantitative estimate of drug-likeness (QED) is 0.450. The summed E-state index contributed by atoms with van der Waals surface area (Å²) in [6.07, 6.45) is 3.33. The average Bonchev–Trinajstić information content (AvgIpc) is 2.56. The molecule has 0 aromatic heterocycles. The highest BCUT2D eigenvalue weighted by Crippen LogP contribution is 2.43. The van der Waals surface area contributed by atoms with Crippen molar-refractivity contribution in [3.05, 3.63) is 68.9 Å². The predicted octanol–water partition coefficient (Wildman–Crippen LogP) is 2.90. The van der Waals surface area contributed by atoms with Crippen molar-refractivity contribution in [3.63, 3.8) is 0 Å². The van der Waals surface area contributed by atoms with Gasteiger partial charge < -0.3 is 31.1 Å². The first-order valence-electron chi connectivity index (χ1n) is 7.26. The summed E-state index contributed by atoms with van der Waals surface area (Å²) in [4.78, 5) is 0. The zero-order valence-corrected chi connectivity index (χ0v) is 13.7. The molecule has 0 unspecified atom stereocenters. The third kappa shape index (κ3) is 2.79. The highest BCUT2D eigenvalue weighted by Gasteiger charge is 2.34. The number of hydrogen-bond donors (Lipinski definition) is 6. The van der Waals surface area contributed by atoms with Gasteiger partial charge in [0.2, 0.25) is 0 Å². The van der Waals surface area contributed by atoms with Crippen molar-refractivity contribution in [3.8, 4) is 0 Å². The highest BCUT2D eigenvalue weighted by atomic mass is 16.3. The van der Waals surface area contributed by atoms with Crippen LogP contribution in [-0.2, 0) is 0 Å². The van der Waals surface area contributed by atoms with Gasteiger partial charge in [0, 0.05) is 43.1 Å². The Morgan fingerprint density at radius 2 is 1.09 bits per heavy atom. The molecule has 0 heterocycles. The van der Waals surface area contributed by atoms with E-state index in [0.29, 0.717) is 22.3 Å². The second kappa shape index (κ2) is 6.16. The molecule has 0 bridgehead atoms. The van der Waals surface area contributed by atoms with Crippen LogP contribution in [0.4, 0.5) is 0 Å². The smallest absolute Gasteiger partial charge is 0.133 e. The van der Waals surface area contributed by atoms with Crippen LogP contribution >= 0.6 is 0 Å². The lowest BCUT2D eigenvalue weighted by atomic mass is 9.82. The lowest BCUT2D eigenvalue weighted by molar-refractivity contribution is 0.332. The maximum Gasteiger partial charge on any atom is 0.133 e. The Kier molecular flexibility index (Phi) is 4.45. The van der Waals surface area contributed by atoms with E-state index in [4.69, 9.17) is 0 Å². The summed E-state index contributed by atoms with van der Waals surface area (Å²) in [6, 6.07) is 0. The monoisotopic (exact) mass is 318 g/mol. The summed E-state index contributed by atoms with van der Waals surface area (Å²) in [5, 5.41) is 46.0. The minimum atomic E-state index is -0.0272. The van der Waals surface area contributed by atoms with Gasteiger partial charge in [0.05, 0.1) is 11.1 Å². The molecule has 6 nitrogen and oxygen atoms in total. The molecule has 0 aliphatic heterocycles. The van der Waals surface area contributed by atoms with Crippen LogP contribution < -0.4 is 10.6 Å². The number of nitrogens with one attached hydrogen (secondary N) is 2. The SMILES string of the molecule is CN/C(C)=C\C1=C(O)C(CC2=C(O)C(/C=C(/C)NC)=C2O)=C1O. The average molecular weight is 318 g/mol. The second-order valence-corrected chi connectivity index (χ2v) is 5.51. The van der Waals surface area contributed by atoms with Crippen LogP contribution in [0.5, 0.6) is 0 Å². The van der Waals surface area contributed by atoms with E-state index in [-0.39, 0.29) is 29.5 Å². The molecule has 0 aromatic carbocycles. The largest absolute Gasteiger partial charge is 0.507 e. The zero-order chi connectivity index (χ0) is 17.3. The molecule has 2 aliphatic carbocycles.